The highest BCUT2D eigenvalue weighted by molar-refractivity contribution is 9.12. The number of hydrogen-bond donors (Lipinski definition) is 0. The number of hydrogen-bond acceptors (Lipinski definition) is 3. The summed E-state index contributed by atoms with van der Waals surface area (Å²) in [6.45, 7) is 14.7. The zero-order chi connectivity index (χ0) is 24.3. The first kappa shape index (κ1) is 28.1. The highest BCUT2D eigenvalue weighted by Crippen LogP contribution is 2.30. The van der Waals surface area contributed by atoms with Crippen molar-refractivity contribution >= 4 is 28.1 Å². The van der Waals surface area contributed by atoms with Gasteiger partial charge in [-0.05, 0) is 75.0 Å². The maximum Gasteiger partial charge on any atom is 0.253 e. The van der Waals surface area contributed by atoms with Crippen LogP contribution in [0.25, 0.3) is 0 Å². The summed E-state index contributed by atoms with van der Waals surface area (Å²) in [6, 6.07) is 8.54. The molecule has 0 spiro atoms. The van der Waals surface area contributed by atoms with Crippen molar-refractivity contribution in [2.75, 3.05) is 34.2 Å². The summed E-state index contributed by atoms with van der Waals surface area (Å²) in [5.74, 6) is 0.610. The number of carbonyl (C=O) groups is 1. The largest absolute Gasteiger partial charge is 0.345 e. The van der Waals surface area contributed by atoms with Gasteiger partial charge in [-0.15, -0.1) is 0 Å². The molecule has 0 bridgehead atoms. The lowest BCUT2D eigenvalue weighted by molar-refractivity contribution is 0.0827. The predicted molar refractivity (Wildman–Crippen MR) is 143 cm³/mol. The van der Waals surface area contributed by atoms with E-state index < -0.39 is 0 Å². The SMILES string of the molecule is C=C(/C=C(\C)C(C)N1CCC(c2ccc(C(=O)N(C)C)cc2)CC1)/C(Br)=C\C=NC.CC. The van der Waals surface area contributed by atoms with E-state index >= 15 is 0 Å². The monoisotopic (exact) mass is 501 g/mol. The third-order valence-electron chi connectivity index (χ3n) is 5.85. The van der Waals surface area contributed by atoms with E-state index in [0.717, 1.165) is 41.6 Å². The predicted octanol–water partition coefficient (Wildman–Crippen LogP) is 6.46. The molecule has 176 valence electrons. The molecule has 1 heterocycles. The van der Waals surface area contributed by atoms with Crippen molar-refractivity contribution in [2.24, 2.45) is 4.99 Å². The van der Waals surface area contributed by atoms with E-state index in [0.29, 0.717) is 12.0 Å². The highest BCUT2D eigenvalue weighted by atomic mass is 79.9. The molecule has 1 unspecified atom stereocenters. The molecule has 1 saturated heterocycles. The van der Waals surface area contributed by atoms with Crippen LogP contribution >= 0.6 is 15.9 Å². The topological polar surface area (TPSA) is 35.9 Å². The first-order valence-corrected chi connectivity index (χ1v) is 12.2. The van der Waals surface area contributed by atoms with Gasteiger partial charge >= 0.3 is 0 Å². The summed E-state index contributed by atoms with van der Waals surface area (Å²) < 4.78 is 0.953. The lowest BCUT2D eigenvalue weighted by Gasteiger charge is -2.37. The minimum atomic E-state index is 0.0532. The Morgan fingerprint density at radius 1 is 1.22 bits per heavy atom. The standard InChI is InChI=1S/C25H34BrN3O.C2H6/c1-18(17-19(2)24(26)11-14-27-4)20(3)29-15-12-22(13-16-29)21-7-9-23(10-8-21)25(30)28(5)6;1-2/h7-11,14,17,20,22H,2,12-13,15-16H2,1,3-6H3;1-2H3/b18-17+,24-11+,27-14?;. The Bertz CT molecular complexity index is 829. The Hall–Kier alpha value is -1.98. The van der Waals surface area contributed by atoms with Crippen LogP contribution in [0.4, 0.5) is 0 Å². The quantitative estimate of drug-likeness (QED) is 0.317. The molecule has 4 nitrogen and oxygen atoms in total. The average molecular weight is 503 g/mol. The molecule has 0 N–H and O–H groups in total. The molecular weight excluding hydrogens is 462 g/mol. The van der Waals surface area contributed by atoms with E-state index in [2.05, 4.69) is 64.5 Å². The van der Waals surface area contributed by atoms with Gasteiger partial charge in [-0.25, -0.2) is 0 Å². The van der Waals surface area contributed by atoms with E-state index in [1.54, 1.807) is 32.3 Å². The Balaban J connectivity index is 0.00000249. The molecule has 5 heteroatoms. The molecule has 0 saturated carbocycles. The highest BCUT2D eigenvalue weighted by Gasteiger charge is 2.24. The molecule has 1 fully saturated rings. The fourth-order valence-electron chi connectivity index (χ4n) is 3.78. The van der Waals surface area contributed by atoms with Crippen LogP contribution in [0.15, 0.2) is 63.6 Å². The second-order valence-corrected chi connectivity index (χ2v) is 9.00. The molecule has 1 aliphatic heterocycles. The van der Waals surface area contributed by atoms with E-state index in [1.165, 1.54) is 11.1 Å². The number of aliphatic imine (C=N–C) groups is 1. The van der Waals surface area contributed by atoms with Crippen molar-refractivity contribution in [3.8, 4) is 0 Å². The number of likely N-dealkylation sites (tertiary alicyclic amines) is 1. The van der Waals surface area contributed by atoms with Crippen molar-refractivity contribution in [1.29, 1.82) is 0 Å². The maximum atomic E-state index is 12.1. The first-order chi connectivity index (χ1) is 15.2. The second-order valence-electron chi connectivity index (χ2n) is 8.14. The molecule has 1 aromatic carbocycles. The normalized spacial score (nSPS) is 17.0. The summed E-state index contributed by atoms with van der Waals surface area (Å²) in [7, 11) is 5.32. The van der Waals surface area contributed by atoms with Gasteiger partial charge in [-0.3, -0.25) is 14.7 Å². The van der Waals surface area contributed by atoms with Gasteiger partial charge < -0.3 is 4.90 Å². The van der Waals surface area contributed by atoms with Crippen LogP contribution in [0.3, 0.4) is 0 Å². The minimum Gasteiger partial charge on any atom is -0.345 e. The molecule has 2 rings (SSSR count). The number of nitrogens with zero attached hydrogens (tertiary/aromatic N) is 3. The van der Waals surface area contributed by atoms with Gasteiger partial charge in [0.25, 0.3) is 5.91 Å². The average Bonchev–Trinajstić information content (AvgIpc) is 2.82. The smallest absolute Gasteiger partial charge is 0.253 e. The van der Waals surface area contributed by atoms with Crippen molar-refractivity contribution in [3.05, 3.63) is 69.8 Å². The van der Waals surface area contributed by atoms with Crippen molar-refractivity contribution in [1.82, 2.24) is 9.80 Å². The minimum absolute atomic E-state index is 0.0532. The van der Waals surface area contributed by atoms with Gasteiger partial charge in [0.1, 0.15) is 0 Å². The van der Waals surface area contributed by atoms with Crippen LogP contribution in [-0.4, -0.2) is 62.2 Å². The summed E-state index contributed by atoms with van der Waals surface area (Å²) in [5, 5.41) is 0. The fraction of sp³-hybridized carbons (Fsp3) is 0.481. The van der Waals surface area contributed by atoms with Crippen molar-refractivity contribution in [3.63, 3.8) is 0 Å². The molecule has 1 atom stereocenters. The van der Waals surface area contributed by atoms with Gasteiger partial charge in [-0.2, -0.15) is 0 Å². The molecule has 32 heavy (non-hydrogen) atoms. The fourth-order valence-corrected chi connectivity index (χ4v) is 4.01. The summed E-state index contributed by atoms with van der Waals surface area (Å²) >= 11 is 3.56. The molecular formula is C27H40BrN3O. The molecule has 0 aromatic heterocycles. The third kappa shape index (κ3) is 8.18. The van der Waals surface area contributed by atoms with Crippen LogP contribution in [0.5, 0.6) is 0 Å². The van der Waals surface area contributed by atoms with Crippen LogP contribution in [-0.2, 0) is 0 Å². The van der Waals surface area contributed by atoms with Crippen LogP contribution in [0.2, 0.25) is 0 Å². The first-order valence-electron chi connectivity index (χ1n) is 11.5. The van der Waals surface area contributed by atoms with Gasteiger partial charge in [0.2, 0.25) is 0 Å². The Morgan fingerprint density at radius 2 is 1.78 bits per heavy atom. The van der Waals surface area contributed by atoms with Crippen LogP contribution in [0.1, 0.15) is 62.4 Å². The van der Waals surface area contributed by atoms with E-state index in [9.17, 15) is 4.79 Å². The number of halogens is 1. The summed E-state index contributed by atoms with van der Waals surface area (Å²) in [4.78, 5) is 20.2. The zero-order valence-corrected chi connectivity index (χ0v) is 22.4. The lowest BCUT2D eigenvalue weighted by atomic mass is 9.88. The number of rotatable bonds is 7. The molecule has 1 aliphatic rings. The van der Waals surface area contributed by atoms with E-state index in [-0.39, 0.29) is 5.91 Å². The summed E-state index contributed by atoms with van der Waals surface area (Å²) in [5.41, 5.74) is 4.36. The lowest BCUT2D eigenvalue weighted by Crippen LogP contribution is -2.40. The molecule has 0 aliphatic carbocycles. The zero-order valence-electron chi connectivity index (χ0n) is 20.9. The summed E-state index contributed by atoms with van der Waals surface area (Å²) in [6.07, 6.45) is 8.10. The number of allylic oxidation sites excluding steroid dienone is 4. The maximum absolute atomic E-state index is 12.1. The Labute approximate surface area is 203 Å². The molecule has 1 amide bonds. The molecule has 1 aromatic rings. The van der Waals surface area contributed by atoms with Crippen LogP contribution < -0.4 is 0 Å². The number of amides is 1. The number of piperidine rings is 1. The molecule has 0 radical (unpaired) electrons. The van der Waals surface area contributed by atoms with Crippen molar-refractivity contribution in [2.45, 2.75) is 52.5 Å². The third-order valence-corrected chi connectivity index (χ3v) is 6.62. The second kappa shape index (κ2) is 14.2. The van der Waals surface area contributed by atoms with Gasteiger partial charge in [0.15, 0.2) is 0 Å². The van der Waals surface area contributed by atoms with Gasteiger partial charge in [0, 0.05) is 43.4 Å². The number of benzene rings is 1. The van der Waals surface area contributed by atoms with E-state index in [1.807, 2.05) is 32.1 Å². The Kier molecular flexibility index (Phi) is 12.5. The van der Waals surface area contributed by atoms with Gasteiger partial charge in [0.05, 0.1) is 0 Å². The van der Waals surface area contributed by atoms with Crippen LogP contribution in [0, 0.1) is 0 Å². The van der Waals surface area contributed by atoms with E-state index in [4.69, 9.17) is 0 Å². The Morgan fingerprint density at radius 3 is 2.28 bits per heavy atom. The number of carbonyl (C=O) groups excluding carboxylic acids is 1. The van der Waals surface area contributed by atoms with Crippen molar-refractivity contribution < 1.29 is 4.79 Å². The van der Waals surface area contributed by atoms with Gasteiger partial charge in [-0.1, -0.05) is 60.1 Å².